The summed E-state index contributed by atoms with van der Waals surface area (Å²) < 4.78 is 21.0. The van der Waals surface area contributed by atoms with Crippen LogP contribution in [0.2, 0.25) is 0 Å². The van der Waals surface area contributed by atoms with E-state index in [2.05, 4.69) is 10.5 Å². The van der Waals surface area contributed by atoms with Crippen molar-refractivity contribution >= 4 is 15.3 Å². The third kappa shape index (κ3) is 3.15. The first-order valence-corrected chi connectivity index (χ1v) is 5.39. The van der Waals surface area contributed by atoms with Crippen molar-refractivity contribution in [3.05, 3.63) is 35.9 Å². The molecule has 0 aliphatic carbocycles. The summed E-state index contributed by atoms with van der Waals surface area (Å²) in [6, 6.07) is 8.94. The van der Waals surface area contributed by atoms with Crippen LogP contribution in [-0.4, -0.2) is 13.7 Å². The Bertz CT molecular complexity index is 413. The summed E-state index contributed by atoms with van der Waals surface area (Å²) in [6.45, 7) is 0.149. The molecule has 5 nitrogen and oxygen atoms in total. The van der Waals surface area contributed by atoms with Gasteiger partial charge in [-0.2, -0.15) is 0 Å². The molecule has 1 amide bonds. The Kier molecular flexibility index (Phi) is 3.21. The summed E-state index contributed by atoms with van der Waals surface area (Å²) in [5.74, 6) is 0. The van der Waals surface area contributed by atoms with E-state index in [1.165, 1.54) is 0 Å². The second-order valence-electron chi connectivity index (χ2n) is 2.67. The largest absolute Gasteiger partial charge is 0.351 e. The van der Waals surface area contributed by atoms with Gasteiger partial charge >= 0.3 is 5.24 Å². The zero-order chi connectivity index (χ0) is 10.6. The van der Waals surface area contributed by atoms with Gasteiger partial charge in [-0.25, -0.2) is 13.6 Å². The van der Waals surface area contributed by atoms with Gasteiger partial charge in [0.2, 0.25) is 0 Å². The smallest absolute Gasteiger partial charge is 0.338 e. The van der Waals surface area contributed by atoms with E-state index in [9.17, 15) is 13.2 Å². The molecule has 0 bridgehead atoms. The first-order valence-electron chi connectivity index (χ1n) is 3.85. The summed E-state index contributed by atoms with van der Waals surface area (Å²) in [5.41, 5.74) is 0.810. The van der Waals surface area contributed by atoms with E-state index >= 15 is 0 Å². The Balaban J connectivity index is 2.55. The number of sulfonamides is 1. The molecule has 0 spiro atoms. The van der Waals surface area contributed by atoms with Gasteiger partial charge in [0.1, 0.15) is 0 Å². The van der Waals surface area contributed by atoms with Crippen molar-refractivity contribution in [1.82, 2.24) is 5.32 Å². The van der Waals surface area contributed by atoms with Gasteiger partial charge in [-0.15, -0.1) is 0 Å². The van der Waals surface area contributed by atoms with E-state index in [4.69, 9.17) is 0 Å². The monoisotopic (exact) mass is 214 g/mol. The molecule has 0 aromatic heterocycles. The van der Waals surface area contributed by atoms with E-state index in [1.54, 1.807) is 24.3 Å². The number of rotatable bonds is 2. The zero-order valence-electron chi connectivity index (χ0n) is 7.30. The first-order chi connectivity index (χ1) is 6.50. The van der Waals surface area contributed by atoms with Crippen molar-refractivity contribution in [3.63, 3.8) is 0 Å². The number of primary sulfonamides is 1. The summed E-state index contributed by atoms with van der Waals surface area (Å²) >= 11 is 0. The van der Waals surface area contributed by atoms with E-state index in [-0.39, 0.29) is 6.54 Å². The van der Waals surface area contributed by atoms with Gasteiger partial charge in [0.05, 0.1) is 0 Å². The lowest BCUT2D eigenvalue weighted by atomic mass is 10.2. The van der Waals surface area contributed by atoms with Crippen LogP contribution in [-0.2, 0) is 16.6 Å². The Labute approximate surface area is 82.0 Å². The average Bonchev–Trinajstić information content (AvgIpc) is 2.14. The summed E-state index contributed by atoms with van der Waals surface area (Å²) in [7, 11) is -4.12. The van der Waals surface area contributed by atoms with Gasteiger partial charge in [0.15, 0.2) is 0 Å². The van der Waals surface area contributed by atoms with Crippen molar-refractivity contribution in [2.24, 2.45) is 5.14 Å². The minimum absolute atomic E-state index is 0.149. The van der Waals surface area contributed by atoms with E-state index < -0.39 is 15.3 Å². The van der Waals surface area contributed by atoms with Crippen molar-refractivity contribution in [2.45, 2.75) is 6.54 Å². The maximum atomic E-state index is 10.8. The molecule has 14 heavy (non-hydrogen) atoms. The second-order valence-corrected chi connectivity index (χ2v) is 4.13. The normalized spacial score (nSPS) is 10.9. The highest BCUT2D eigenvalue weighted by atomic mass is 32.2. The molecular weight excluding hydrogens is 204 g/mol. The number of carbonyl (C=O) groups is 1. The highest BCUT2D eigenvalue weighted by Gasteiger charge is 2.14. The van der Waals surface area contributed by atoms with Crippen LogP contribution in [0.1, 0.15) is 5.56 Å². The second kappa shape index (κ2) is 4.21. The fourth-order valence-electron chi connectivity index (χ4n) is 0.871. The molecule has 0 fully saturated rings. The Morgan fingerprint density at radius 2 is 1.86 bits per heavy atom. The predicted octanol–water partition coefficient (Wildman–Crippen LogP) is 0.185. The van der Waals surface area contributed by atoms with Gasteiger partial charge in [-0.3, -0.25) is 4.79 Å². The fraction of sp³-hybridized carbons (Fsp3) is 0.125. The fourth-order valence-corrected chi connectivity index (χ4v) is 1.14. The molecule has 0 radical (unpaired) electrons. The summed E-state index contributed by atoms with van der Waals surface area (Å²) in [5, 5.41) is 5.62. The molecule has 6 heteroatoms. The van der Waals surface area contributed by atoms with Crippen LogP contribution in [0.5, 0.6) is 0 Å². The van der Waals surface area contributed by atoms with Gasteiger partial charge in [0, 0.05) is 6.54 Å². The third-order valence-corrected chi connectivity index (χ3v) is 2.20. The topological polar surface area (TPSA) is 89.3 Å². The molecular formula is C8H10N2O3S. The van der Waals surface area contributed by atoms with E-state index in [1.807, 2.05) is 6.07 Å². The van der Waals surface area contributed by atoms with Crippen LogP contribution in [0.15, 0.2) is 30.3 Å². The standard InChI is InChI=1S/C8H10N2O3S/c9-14(12,13)8(11)10-6-7-4-2-1-3-5-7/h1-5H,6H2,(H,10,11)(H2,9,12,13). The first kappa shape index (κ1) is 10.7. The van der Waals surface area contributed by atoms with Crippen molar-refractivity contribution in [3.8, 4) is 0 Å². The molecule has 1 rings (SSSR count). The molecule has 0 unspecified atom stereocenters. The van der Waals surface area contributed by atoms with E-state index in [0.29, 0.717) is 0 Å². The van der Waals surface area contributed by atoms with Crippen molar-refractivity contribution in [2.75, 3.05) is 0 Å². The molecule has 0 atom stereocenters. The predicted molar refractivity (Wildman–Crippen MR) is 51.8 cm³/mol. The molecule has 0 heterocycles. The number of hydrogen-bond acceptors (Lipinski definition) is 3. The maximum Gasteiger partial charge on any atom is 0.351 e. The minimum Gasteiger partial charge on any atom is -0.338 e. The Morgan fingerprint density at radius 3 is 2.36 bits per heavy atom. The number of hydrogen-bond donors (Lipinski definition) is 2. The lowest BCUT2D eigenvalue weighted by molar-refractivity contribution is 0.258. The van der Waals surface area contributed by atoms with Crippen molar-refractivity contribution < 1.29 is 13.2 Å². The average molecular weight is 214 g/mol. The maximum absolute atomic E-state index is 10.8. The molecule has 0 saturated heterocycles. The SMILES string of the molecule is NS(=O)(=O)C(=O)NCc1ccccc1. The number of nitrogens with two attached hydrogens (primary N) is 1. The number of amides is 1. The molecule has 1 aromatic carbocycles. The third-order valence-electron chi connectivity index (χ3n) is 1.54. The molecule has 0 aliphatic heterocycles. The number of nitrogens with one attached hydrogen (secondary N) is 1. The van der Waals surface area contributed by atoms with Gasteiger partial charge in [0.25, 0.3) is 10.0 Å². The molecule has 76 valence electrons. The van der Waals surface area contributed by atoms with Gasteiger partial charge in [-0.1, -0.05) is 30.3 Å². The highest BCUT2D eigenvalue weighted by molar-refractivity contribution is 8.04. The van der Waals surface area contributed by atoms with Crippen LogP contribution < -0.4 is 10.5 Å². The molecule has 1 aromatic rings. The lowest BCUT2D eigenvalue weighted by Crippen LogP contribution is -2.33. The molecule has 3 N–H and O–H groups in total. The minimum atomic E-state index is -4.12. The quantitative estimate of drug-likeness (QED) is 0.736. The van der Waals surface area contributed by atoms with Crippen LogP contribution in [0, 0.1) is 0 Å². The zero-order valence-corrected chi connectivity index (χ0v) is 8.12. The number of carbonyl (C=O) groups excluding carboxylic acids is 1. The van der Waals surface area contributed by atoms with Crippen LogP contribution >= 0.6 is 0 Å². The van der Waals surface area contributed by atoms with Gasteiger partial charge in [-0.05, 0) is 5.56 Å². The highest BCUT2D eigenvalue weighted by Crippen LogP contribution is 1.97. The van der Waals surface area contributed by atoms with E-state index in [0.717, 1.165) is 5.56 Å². The molecule has 0 aliphatic rings. The number of benzene rings is 1. The van der Waals surface area contributed by atoms with Gasteiger partial charge < -0.3 is 5.32 Å². The lowest BCUT2D eigenvalue weighted by Gasteiger charge is -2.02. The van der Waals surface area contributed by atoms with Crippen molar-refractivity contribution in [1.29, 1.82) is 0 Å². The summed E-state index contributed by atoms with van der Waals surface area (Å²) in [4.78, 5) is 10.8. The molecule has 0 saturated carbocycles. The summed E-state index contributed by atoms with van der Waals surface area (Å²) in [6.07, 6.45) is 0. The Hall–Kier alpha value is -1.40. The van der Waals surface area contributed by atoms with Crippen LogP contribution in [0.4, 0.5) is 4.79 Å². The van der Waals surface area contributed by atoms with Crippen LogP contribution in [0.3, 0.4) is 0 Å². The Morgan fingerprint density at radius 1 is 1.29 bits per heavy atom. The van der Waals surface area contributed by atoms with Crippen LogP contribution in [0.25, 0.3) is 0 Å².